The summed E-state index contributed by atoms with van der Waals surface area (Å²) in [6.07, 6.45) is 1.08. The minimum absolute atomic E-state index is 0.274. The summed E-state index contributed by atoms with van der Waals surface area (Å²) < 4.78 is 6.40. The highest BCUT2D eigenvalue weighted by atomic mass is 79.9. The van der Waals surface area contributed by atoms with Gasteiger partial charge in [-0.2, -0.15) is 0 Å². The van der Waals surface area contributed by atoms with Crippen LogP contribution >= 0.6 is 15.9 Å². The van der Waals surface area contributed by atoms with Crippen molar-refractivity contribution in [1.29, 1.82) is 0 Å². The van der Waals surface area contributed by atoms with E-state index in [0.29, 0.717) is 0 Å². The third-order valence-corrected chi connectivity index (χ3v) is 3.85. The smallest absolute Gasteiger partial charge is 0.0471 e. The molecule has 0 saturated carbocycles. The van der Waals surface area contributed by atoms with Crippen LogP contribution in [0.3, 0.4) is 0 Å². The van der Waals surface area contributed by atoms with Gasteiger partial charge >= 0.3 is 0 Å². The summed E-state index contributed by atoms with van der Waals surface area (Å²) in [4.78, 5) is 0. The van der Waals surface area contributed by atoms with E-state index in [-0.39, 0.29) is 5.41 Å². The summed E-state index contributed by atoms with van der Waals surface area (Å²) in [7, 11) is 1.76. The molecule has 0 bridgehead atoms. The summed E-state index contributed by atoms with van der Waals surface area (Å²) in [6.45, 7) is 2.93. The van der Waals surface area contributed by atoms with Crippen LogP contribution in [0, 0.1) is 0 Å². The molecule has 1 aromatic carbocycles. The third kappa shape index (κ3) is 2.10. The van der Waals surface area contributed by atoms with Crippen molar-refractivity contribution in [3.63, 3.8) is 0 Å². The molecule has 1 N–H and O–H groups in total. The SMILES string of the molecule is COCCC1(c2ccccc2Br)CNC1. The number of hydrogen-bond acceptors (Lipinski definition) is 2. The van der Waals surface area contributed by atoms with E-state index in [4.69, 9.17) is 4.74 Å². The standard InChI is InChI=1S/C12H16BrNO/c1-15-7-6-12(8-14-9-12)10-4-2-3-5-11(10)13/h2-5,14H,6-9H2,1H3. The van der Waals surface area contributed by atoms with Crippen molar-refractivity contribution in [2.24, 2.45) is 0 Å². The van der Waals surface area contributed by atoms with Crippen LogP contribution in [0.2, 0.25) is 0 Å². The zero-order valence-electron chi connectivity index (χ0n) is 8.92. The van der Waals surface area contributed by atoms with Crippen LogP contribution in [0.1, 0.15) is 12.0 Å². The van der Waals surface area contributed by atoms with Crippen molar-refractivity contribution < 1.29 is 4.74 Å². The molecule has 0 spiro atoms. The molecule has 2 nitrogen and oxygen atoms in total. The molecule has 82 valence electrons. The second-order valence-corrected chi connectivity index (χ2v) is 4.96. The fourth-order valence-electron chi connectivity index (χ4n) is 2.12. The summed E-state index contributed by atoms with van der Waals surface area (Å²) in [6, 6.07) is 8.49. The molecule has 1 fully saturated rings. The number of halogens is 1. The zero-order chi connectivity index (χ0) is 10.7. The Morgan fingerprint density at radius 1 is 1.40 bits per heavy atom. The first kappa shape index (κ1) is 11.1. The maximum absolute atomic E-state index is 5.19. The maximum atomic E-state index is 5.19. The van der Waals surface area contributed by atoms with Gasteiger partial charge in [0.25, 0.3) is 0 Å². The van der Waals surface area contributed by atoms with Crippen LogP contribution in [0.25, 0.3) is 0 Å². The van der Waals surface area contributed by atoms with Crippen molar-refractivity contribution in [3.8, 4) is 0 Å². The molecule has 0 radical (unpaired) electrons. The monoisotopic (exact) mass is 269 g/mol. The topological polar surface area (TPSA) is 21.3 Å². The van der Waals surface area contributed by atoms with Gasteiger partial charge in [0.05, 0.1) is 0 Å². The van der Waals surface area contributed by atoms with E-state index in [9.17, 15) is 0 Å². The lowest BCUT2D eigenvalue weighted by Crippen LogP contribution is -2.57. The molecule has 0 atom stereocenters. The van der Waals surface area contributed by atoms with Crippen LogP contribution in [0.4, 0.5) is 0 Å². The molecular weight excluding hydrogens is 254 g/mol. The third-order valence-electron chi connectivity index (χ3n) is 3.16. The highest BCUT2D eigenvalue weighted by molar-refractivity contribution is 9.10. The molecule has 1 aliphatic heterocycles. The minimum atomic E-state index is 0.274. The van der Waals surface area contributed by atoms with Crippen LogP contribution in [-0.4, -0.2) is 26.8 Å². The van der Waals surface area contributed by atoms with Gasteiger partial charge in [-0.15, -0.1) is 0 Å². The van der Waals surface area contributed by atoms with Gasteiger partial charge in [-0.3, -0.25) is 0 Å². The molecule has 1 saturated heterocycles. The lowest BCUT2D eigenvalue weighted by molar-refractivity contribution is 0.142. The molecular formula is C12H16BrNO. The van der Waals surface area contributed by atoms with Crippen molar-refractivity contribution in [2.75, 3.05) is 26.8 Å². The van der Waals surface area contributed by atoms with Gasteiger partial charge in [-0.05, 0) is 18.1 Å². The Morgan fingerprint density at radius 2 is 2.13 bits per heavy atom. The first-order valence-electron chi connectivity index (χ1n) is 5.23. The Labute approximate surface area is 99.1 Å². The molecule has 0 amide bonds. The summed E-state index contributed by atoms with van der Waals surface area (Å²) >= 11 is 3.63. The molecule has 3 heteroatoms. The average molecular weight is 270 g/mol. The van der Waals surface area contributed by atoms with Crippen LogP contribution in [0.5, 0.6) is 0 Å². The molecule has 2 rings (SSSR count). The van der Waals surface area contributed by atoms with Gasteiger partial charge in [0.15, 0.2) is 0 Å². The Balaban J connectivity index is 2.22. The van der Waals surface area contributed by atoms with Gasteiger partial charge in [0.2, 0.25) is 0 Å². The van der Waals surface area contributed by atoms with E-state index in [1.165, 1.54) is 10.0 Å². The summed E-state index contributed by atoms with van der Waals surface area (Å²) in [5, 5.41) is 3.36. The predicted octanol–water partition coefficient (Wildman–Crippen LogP) is 2.33. The van der Waals surface area contributed by atoms with Crippen molar-refractivity contribution in [3.05, 3.63) is 34.3 Å². The molecule has 15 heavy (non-hydrogen) atoms. The van der Waals surface area contributed by atoms with Crippen LogP contribution in [-0.2, 0) is 10.2 Å². The highest BCUT2D eigenvalue weighted by Gasteiger charge is 2.39. The molecule has 0 unspecified atom stereocenters. The first-order chi connectivity index (χ1) is 7.28. The number of methoxy groups -OCH3 is 1. The lowest BCUT2D eigenvalue weighted by atomic mass is 9.73. The Hall–Kier alpha value is -0.380. The Kier molecular flexibility index (Phi) is 3.44. The fraction of sp³-hybridized carbons (Fsp3) is 0.500. The quantitative estimate of drug-likeness (QED) is 0.906. The lowest BCUT2D eigenvalue weighted by Gasteiger charge is -2.43. The Morgan fingerprint density at radius 3 is 2.67 bits per heavy atom. The number of ether oxygens (including phenoxy) is 1. The highest BCUT2D eigenvalue weighted by Crippen LogP contribution is 2.36. The Bertz CT molecular complexity index is 336. The van der Waals surface area contributed by atoms with E-state index in [1.807, 2.05) is 0 Å². The fourth-order valence-corrected chi connectivity index (χ4v) is 2.82. The van der Waals surface area contributed by atoms with E-state index in [2.05, 4.69) is 45.5 Å². The number of hydrogen-bond donors (Lipinski definition) is 1. The molecule has 0 aromatic heterocycles. The number of nitrogens with one attached hydrogen (secondary N) is 1. The number of benzene rings is 1. The minimum Gasteiger partial charge on any atom is -0.385 e. The second-order valence-electron chi connectivity index (χ2n) is 4.11. The van der Waals surface area contributed by atoms with E-state index in [1.54, 1.807) is 7.11 Å². The normalized spacial score (nSPS) is 18.5. The zero-order valence-corrected chi connectivity index (χ0v) is 10.5. The van der Waals surface area contributed by atoms with Gasteiger partial charge in [0, 0.05) is 36.7 Å². The van der Waals surface area contributed by atoms with Crippen molar-refractivity contribution in [2.45, 2.75) is 11.8 Å². The number of rotatable bonds is 4. The van der Waals surface area contributed by atoms with Gasteiger partial charge in [-0.1, -0.05) is 34.1 Å². The largest absolute Gasteiger partial charge is 0.385 e. The van der Waals surface area contributed by atoms with Crippen LogP contribution < -0.4 is 5.32 Å². The van der Waals surface area contributed by atoms with E-state index < -0.39 is 0 Å². The van der Waals surface area contributed by atoms with E-state index in [0.717, 1.165) is 26.1 Å². The van der Waals surface area contributed by atoms with Gasteiger partial charge in [0.1, 0.15) is 0 Å². The van der Waals surface area contributed by atoms with Crippen molar-refractivity contribution >= 4 is 15.9 Å². The van der Waals surface area contributed by atoms with Gasteiger partial charge in [-0.25, -0.2) is 0 Å². The molecule has 1 aliphatic rings. The van der Waals surface area contributed by atoms with Gasteiger partial charge < -0.3 is 10.1 Å². The van der Waals surface area contributed by atoms with E-state index >= 15 is 0 Å². The molecule has 0 aliphatic carbocycles. The summed E-state index contributed by atoms with van der Waals surface area (Å²) in [5.41, 5.74) is 1.68. The van der Waals surface area contributed by atoms with Crippen LogP contribution in [0.15, 0.2) is 28.7 Å². The molecule has 1 aromatic rings. The average Bonchev–Trinajstić information content (AvgIpc) is 2.19. The summed E-state index contributed by atoms with van der Waals surface area (Å²) in [5.74, 6) is 0. The first-order valence-corrected chi connectivity index (χ1v) is 6.02. The maximum Gasteiger partial charge on any atom is 0.0471 e. The van der Waals surface area contributed by atoms with Crippen molar-refractivity contribution in [1.82, 2.24) is 5.32 Å². The molecule has 1 heterocycles. The predicted molar refractivity (Wildman–Crippen MR) is 65.2 cm³/mol. The second kappa shape index (κ2) is 4.64.